The van der Waals surface area contributed by atoms with Crippen molar-refractivity contribution in [3.8, 4) is 0 Å². The Morgan fingerprint density at radius 3 is 1.75 bits per heavy atom. The molecule has 1 aromatic rings. The minimum Gasteiger partial charge on any atom is -0.204 e. The lowest BCUT2D eigenvalue weighted by Crippen LogP contribution is -2.19. The average Bonchev–Trinajstić information content (AvgIpc) is 2.08. The highest BCUT2D eigenvalue weighted by Crippen LogP contribution is 2.15. The minimum absolute atomic E-state index is 0.202. The summed E-state index contributed by atoms with van der Waals surface area (Å²) < 4.78 is 50.2. The van der Waals surface area contributed by atoms with Crippen LogP contribution in [0.25, 0.3) is 0 Å². The summed E-state index contributed by atoms with van der Waals surface area (Å²) in [6.45, 7) is 1.19. The second kappa shape index (κ2) is 2.81. The van der Waals surface area contributed by atoms with Crippen LogP contribution in [0.5, 0.6) is 0 Å². The van der Waals surface area contributed by atoms with Crippen molar-refractivity contribution in [3.05, 3.63) is 28.8 Å². The van der Waals surface area contributed by atoms with Crippen molar-refractivity contribution in [2.75, 3.05) is 0 Å². The van der Waals surface area contributed by atoms with E-state index in [9.17, 15) is 17.6 Å². The molecule has 0 amide bonds. The molecule has 64 valence electrons. The van der Waals surface area contributed by atoms with E-state index in [1.54, 1.807) is 0 Å². The van der Waals surface area contributed by atoms with Crippen molar-refractivity contribution in [2.45, 2.75) is 6.92 Å². The Bertz CT molecular complexity index is 230. The molecular weight excluding hydrogens is 171 g/mol. The fraction of sp³-hybridized carbons (Fsp3) is 0.143. The number of hydrogen-bond acceptors (Lipinski definition) is 0. The van der Waals surface area contributed by atoms with E-state index >= 15 is 0 Å². The van der Waals surface area contributed by atoms with Gasteiger partial charge in [-0.1, -0.05) is 0 Å². The zero-order chi connectivity index (χ0) is 9.46. The van der Waals surface area contributed by atoms with Crippen LogP contribution in [0.2, 0.25) is 0 Å². The molecule has 0 nitrogen and oxygen atoms in total. The predicted octanol–water partition coefficient (Wildman–Crippen LogP) is 0.810. The molecule has 0 aliphatic rings. The molecule has 1 aromatic carbocycles. The number of benzene rings is 1. The molecule has 1 rings (SSSR count). The van der Waals surface area contributed by atoms with E-state index in [2.05, 4.69) is 0 Å². The molecule has 0 saturated heterocycles. The van der Waals surface area contributed by atoms with Crippen molar-refractivity contribution in [1.29, 1.82) is 0 Å². The molecule has 0 unspecified atom stereocenters. The van der Waals surface area contributed by atoms with Gasteiger partial charge < -0.3 is 0 Å². The fourth-order valence-corrected chi connectivity index (χ4v) is 0.851. The van der Waals surface area contributed by atoms with Crippen molar-refractivity contribution >= 4 is 13.3 Å². The predicted molar refractivity (Wildman–Crippen MR) is 39.2 cm³/mol. The maximum Gasteiger partial charge on any atom is 0.197 e. The fourth-order valence-electron chi connectivity index (χ4n) is 0.851. The average molecular weight is 176 g/mol. The summed E-state index contributed by atoms with van der Waals surface area (Å²) in [5, 5.41) is 0. The van der Waals surface area contributed by atoms with Gasteiger partial charge in [-0.3, -0.25) is 0 Å². The molecule has 0 atom stereocenters. The summed E-state index contributed by atoms with van der Waals surface area (Å²) in [7, 11) is 1.19. The van der Waals surface area contributed by atoms with Gasteiger partial charge in [0.15, 0.2) is 23.3 Å². The Labute approximate surface area is 67.6 Å². The first kappa shape index (κ1) is 9.10. The summed E-state index contributed by atoms with van der Waals surface area (Å²) in [4.78, 5) is 0. The van der Waals surface area contributed by atoms with E-state index in [1.165, 1.54) is 14.8 Å². The lowest BCUT2D eigenvalue weighted by atomic mass is 9.90. The Hall–Kier alpha value is -0.995. The molecule has 0 spiro atoms. The Balaban J connectivity index is 3.60. The third kappa shape index (κ3) is 1.09. The first-order valence-corrected chi connectivity index (χ1v) is 3.26. The van der Waals surface area contributed by atoms with Crippen LogP contribution in [0.4, 0.5) is 17.6 Å². The third-order valence-corrected chi connectivity index (χ3v) is 1.80. The maximum atomic E-state index is 12.7. The van der Waals surface area contributed by atoms with E-state index in [1.807, 2.05) is 0 Å². The van der Waals surface area contributed by atoms with Gasteiger partial charge in [0.25, 0.3) is 0 Å². The Morgan fingerprint density at radius 1 is 0.833 bits per heavy atom. The minimum atomic E-state index is -1.75. The number of rotatable bonds is 0. The highest BCUT2D eigenvalue weighted by atomic mass is 19.2. The molecule has 12 heavy (non-hydrogen) atoms. The van der Waals surface area contributed by atoms with Gasteiger partial charge in [0, 0.05) is 0 Å². The monoisotopic (exact) mass is 176 g/mol. The second-order valence-corrected chi connectivity index (χ2v) is 2.51. The van der Waals surface area contributed by atoms with Crippen LogP contribution in [0.1, 0.15) is 5.56 Å². The highest BCUT2D eigenvalue weighted by molar-refractivity contribution is 6.33. The molecule has 0 aliphatic carbocycles. The molecule has 5 heteroatoms. The quantitative estimate of drug-likeness (QED) is 0.237. The molecule has 0 fully saturated rings. The molecule has 0 saturated carbocycles. The normalized spacial score (nSPS) is 10.4. The van der Waals surface area contributed by atoms with Gasteiger partial charge in [0.05, 0.1) is 0 Å². The molecule has 0 aromatic heterocycles. The zero-order valence-electron chi connectivity index (χ0n) is 6.51. The maximum absolute atomic E-state index is 12.7. The smallest absolute Gasteiger partial charge is 0.197 e. The highest BCUT2D eigenvalue weighted by Gasteiger charge is 2.19. The van der Waals surface area contributed by atoms with E-state index in [4.69, 9.17) is 0 Å². The van der Waals surface area contributed by atoms with Gasteiger partial charge >= 0.3 is 0 Å². The summed E-state index contributed by atoms with van der Waals surface area (Å²) in [6, 6.07) is 0. The van der Waals surface area contributed by atoms with Crippen LogP contribution >= 0.6 is 0 Å². The standard InChI is InChI=1S/C7H5BF4/c1-2-3(8)5(10)7(12)6(11)4(2)9/h8H2,1H3. The van der Waals surface area contributed by atoms with E-state index in [-0.39, 0.29) is 11.0 Å². The third-order valence-electron chi connectivity index (χ3n) is 1.80. The van der Waals surface area contributed by atoms with Gasteiger partial charge in [-0.05, 0) is 17.9 Å². The van der Waals surface area contributed by atoms with Gasteiger partial charge in [-0.2, -0.15) is 0 Å². The number of halogens is 4. The largest absolute Gasteiger partial charge is 0.204 e. The first-order valence-electron chi connectivity index (χ1n) is 3.26. The lowest BCUT2D eigenvalue weighted by Gasteiger charge is -2.05. The van der Waals surface area contributed by atoms with Crippen LogP contribution in [0.3, 0.4) is 0 Å². The van der Waals surface area contributed by atoms with Gasteiger partial charge in [-0.15, -0.1) is 0 Å². The van der Waals surface area contributed by atoms with Crippen LogP contribution in [-0.2, 0) is 0 Å². The Kier molecular flexibility index (Phi) is 2.13. The molecule has 0 bridgehead atoms. The van der Waals surface area contributed by atoms with Crippen LogP contribution < -0.4 is 5.46 Å². The second-order valence-electron chi connectivity index (χ2n) is 2.51. The number of hydrogen-bond donors (Lipinski definition) is 0. The van der Waals surface area contributed by atoms with Gasteiger partial charge in [0.2, 0.25) is 0 Å². The molecular formula is C7H5BF4. The van der Waals surface area contributed by atoms with Crippen LogP contribution in [0, 0.1) is 30.2 Å². The van der Waals surface area contributed by atoms with Crippen molar-refractivity contribution in [2.24, 2.45) is 0 Å². The molecule has 0 heterocycles. The van der Waals surface area contributed by atoms with Crippen molar-refractivity contribution < 1.29 is 17.6 Å². The molecule has 0 N–H and O–H groups in total. The zero-order valence-corrected chi connectivity index (χ0v) is 6.51. The molecule has 0 radical (unpaired) electrons. The summed E-state index contributed by atoms with van der Waals surface area (Å²) in [5.74, 6) is -6.16. The van der Waals surface area contributed by atoms with Gasteiger partial charge in [0.1, 0.15) is 7.85 Å². The summed E-state index contributed by atoms with van der Waals surface area (Å²) in [6.07, 6.45) is 0. The molecule has 0 aliphatic heterocycles. The summed E-state index contributed by atoms with van der Waals surface area (Å²) in [5.41, 5.74) is -0.405. The van der Waals surface area contributed by atoms with Crippen LogP contribution in [0.15, 0.2) is 0 Å². The van der Waals surface area contributed by atoms with Crippen molar-refractivity contribution in [1.82, 2.24) is 0 Å². The lowest BCUT2D eigenvalue weighted by molar-refractivity contribution is 0.409. The van der Waals surface area contributed by atoms with E-state index < -0.39 is 23.3 Å². The first-order chi connectivity index (χ1) is 5.46. The van der Waals surface area contributed by atoms with Crippen molar-refractivity contribution in [3.63, 3.8) is 0 Å². The SMILES string of the molecule is Bc1c(C)c(F)c(F)c(F)c1F. The Morgan fingerprint density at radius 2 is 1.25 bits per heavy atom. The van der Waals surface area contributed by atoms with Crippen LogP contribution in [-0.4, -0.2) is 7.85 Å². The van der Waals surface area contributed by atoms with E-state index in [0.717, 1.165) is 0 Å². The topological polar surface area (TPSA) is 0 Å². The van der Waals surface area contributed by atoms with E-state index in [0.29, 0.717) is 0 Å². The van der Waals surface area contributed by atoms with Gasteiger partial charge in [-0.25, -0.2) is 17.6 Å². The summed E-state index contributed by atoms with van der Waals surface area (Å²) >= 11 is 0.